The van der Waals surface area contributed by atoms with Gasteiger partial charge in [-0.25, -0.2) is 4.39 Å². The van der Waals surface area contributed by atoms with Crippen molar-refractivity contribution in [2.24, 2.45) is 0 Å². The Morgan fingerprint density at radius 3 is 2.65 bits per heavy atom. The van der Waals surface area contributed by atoms with E-state index in [9.17, 15) is 9.50 Å². The van der Waals surface area contributed by atoms with Crippen molar-refractivity contribution in [2.75, 3.05) is 26.3 Å². The van der Waals surface area contributed by atoms with Gasteiger partial charge in [-0.2, -0.15) is 0 Å². The molecule has 1 atom stereocenters. The fourth-order valence-corrected chi connectivity index (χ4v) is 2.61. The zero-order valence-corrected chi connectivity index (χ0v) is 12.7. The fourth-order valence-electron chi connectivity index (χ4n) is 2.49. The van der Waals surface area contributed by atoms with Gasteiger partial charge in [-0.3, -0.25) is 4.90 Å². The second-order valence-corrected chi connectivity index (χ2v) is 6.13. The minimum absolute atomic E-state index is 0.107. The van der Waals surface area contributed by atoms with Gasteiger partial charge in [0, 0.05) is 25.0 Å². The van der Waals surface area contributed by atoms with Gasteiger partial charge in [0.05, 0.1) is 24.3 Å². The average Bonchev–Trinajstić information content (AvgIpc) is 2.44. The van der Waals surface area contributed by atoms with E-state index in [1.54, 1.807) is 6.07 Å². The molecule has 1 aromatic carbocycles. The van der Waals surface area contributed by atoms with Crippen LogP contribution < -0.4 is 0 Å². The monoisotopic (exact) mass is 301 g/mol. The highest BCUT2D eigenvalue weighted by atomic mass is 35.5. The number of rotatable bonds is 4. The smallest absolute Gasteiger partial charge is 0.142 e. The summed E-state index contributed by atoms with van der Waals surface area (Å²) in [5.74, 6) is -0.444. The first-order valence-electron chi connectivity index (χ1n) is 6.86. The third kappa shape index (κ3) is 3.50. The van der Waals surface area contributed by atoms with E-state index in [1.165, 1.54) is 12.1 Å². The normalized spacial score (nSPS) is 19.1. The lowest BCUT2D eigenvalue weighted by Gasteiger charge is -2.43. The predicted octanol–water partition coefficient (Wildman–Crippen LogP) is 2.49. The number of aliphatic hydroxyl groups excluding tert-OH is 1. The number of benzene rings is 1. The van der Waals surface area contributed by atoms with Crippen LogP contribution in [0.3, 0.4) is 0 Å². The second kappa shape index (κ2) is 6.39. The highest BCUT2D eigenvalue weighted by Gasteiger charge is 2.35. The molecule has 1 heterocycles. The highest BCUT2D eigenvalue weighted by Crippen LogP contribution is 2.24. The Balaban J connectivity index is 2.05. The van der Waals surface area contributed by atoms with E-state index in [4.69, 9.17) is 16.3 Å². The third-order valence-corrected chi connectivity index (χ3v) is 4.36. The molecule has 2 rings (SSSR count). The van der Waals surface area contributed by atoms with Gasteiger partial charge in [0.15, 0.2) is 0 Å². The molecule has 112 valence electrons. The Kier molecular flexibility index (Phi) is 5.02. The van der Waals surface area contributed by atoms with E-state index < -0.39 is 11.9 Å². The Hall–Kier alpha value is -0.680. The van der Waals surface area contributed by atoms with E-state index in [0.717, 1.165) is 18.7 Å². The lowest BCUT2D eigenvalue weighted by Crippen LogP contribution is -2.56. The van der Waals surface area contributed by atoms with Crippen LogP contribution in [0.25, 0.3) is 0 Å². The summed E-state index contributed by atoms with van der Waals surface area (Å²) >= 11 is 5.67. The number of nitrogens with zero attached hydrogens (tertiary/aromatic N) is 1. The summed E-state index contributed by atoms with van der Waals surface area (Å²) in [5, 5.41) is 10.6. The zero-order chi connectivity index (χ0) is 14.8. The summed E-state index contributed by atoms with van der Waals surface area (Å²) in [4.78, 5) is 2.22. The van der Waals surface area contributed by atoms with Crippen LogP contribution >= 0.6 is 11.6 Å². The Morgan fingerprint density at radius 2 is 2.05 bits per heavy atom. The molecule has 0 bridgehead atoms. The van der Waals surface area contributed by atoms with E-state index in [-0.39, 0.29) is 10.6 Å². The maximum atomic E-state index is 13.4. The molecule has 1 N–H and O–H groups in total. The molecule has 1 aromatic rings. The zero-order valence-electron chi connectivity index (χ0n) is 11.9. The van der Waals surface area contributed by atoms with Crippen molar-refractivity contribution in [3.05, 3.63) is 34.6 Å². The lowest BCUT2D eigenvalue weighted by molar-refractivity contribution is -0.0612. The number of hydrogen-bond acceptors (Lipinski definition) is 3. The molecule has 20 heavy (non-hydrogen) atoms. The predicted molar refractivity (Wildman–Crippen MR) is 77.6 cm³/mol. The van der Waals surface area contributed by atoms with Crippen LogP contribution in [0.15, 0.2) is 18.2 Å². The number of morpholine rings is 1. The highest BCUT2D eigenvalue weighted by molar-refractivity contribution is 6.30. The van der Waals surface area contributed by atoms with Crippen molar-refractivity contribution < 1.29 is 14.2 Å². The van der Waals surface area contributed by atoms with Crippen molar-refractivity contribution in [3.8, 4) is 0 Å². The van der Waals surface area contributed by atoms with Crippen LogP contribution in [-0.4, -0.2) is 48.0 Å². The third-order valence-electron chi connectivity index (χ3n) is 4.05. The summed E-state index contributed by atoms with van der Waals surface area (Å²) < 4.78 is 18.8. The van der Waals surface area contributed by atoms with Crippen LogP contribution in [0.1, 0.15) is 19.4 Å². The molecule has 5 heteroatoms. The minimum Gasteiger partial charge on any atom is -0.391 e. The van der Waals surface area contributed by atoms with Crippen molar-refractivity contribution >= 4 is 11.6 Å². The summed E-state index contributed by atoms with van der Waals surface area (Å²) in [6, 6.07) is 4.67. The molecule has 0 saturated carbocycles. The minimum atomic E-state index is -0.582. The molecule has 1 saturated heterocycles. The molecule has 0 spiro atoms. The van der Waals surface area contributed by atoms with Crippen molar-refractivity contribution in [1.29, 1.82) is 0 Å². The number of hydrogen-bond donors (Lipinski definition) is 1. The van der Waals surface area contributed by atoms with Gasteiger partial charge < -0.3 is 9.84 Å². The fraction of sp³-hybridized carbons (Fsp3) is 0.600. The van der Waals surface area contributed by atoms with Gasteiger partial charge >= 0.3 is 0 Å². The van der Waals surface area contributed by atoms with Crippen LogP contribution in [-0.2, 0) is 11.2 Å². The Labute approximate surface area is 124 Å². The van der Waals surface area contributed by atoms with Gasteiger partial charge in [-0.05, 0) is 31.5 Å². The summed E-state index contributed by atoms with van der Waals surface area (Å²) in [7, 11) is 0. The van der Waals surface area contributed by atoms with E-state index in [1.807, 2.05) is 13.8 Å². The van der Waals surface area contributed by atoms with Crippen molar-refractivity contribution in [2.45, 2.75) is 31.9 Å². The molecule has 1 fully saturated rings. The summed E-state index contributed by atoms with van der Waals surface area (Å²) in [6.07, 6.45) is -0.181. The SMILES string of the molecule is CC(C)(C(O)Cc1ccc(Cl)c(F)c1)N1CCOCC1. The molecule has 1 aliphatic heterocycles. The van der Waals surface area contributed by atoms with Crippen LogP contribution in [0.4, 0.5) is 4.39 Å². The second-order valence-electron chi connectivity index (χ2n) is 5.72. The van der Waals surface area contributed by atoms with Gasteiger partial charge in [0.1, 0.15) is 5.82 Å². The van der Waals surface area contributed by atoms with E-state index in [2.05, 4.69) is 4.90 Å². The Bertz CT molecular complexity index is 461. The maximum Gasteiger partial charge on any atom is 0.142 e. The van der Waals surface area contributed by atoms with Crippen LogP contribution in [0.2, 0.25) is 5.02 Å². The van der Waals surface area contributed by atoms with Crippen molar-refractivity contribution in [3.63, 3.8) is 0 Å². The molecule has 1 aliphatic rings. The van der Waals surface area contributed by atoms with E-state index in [0.29, 0.717) is 19.6 Å². The van der Waals surface area contributed by atoms with Crippen LogP contribution in [0, 0.1) is 5.82 Å². The van der Waals surface area contributed by atoms with E-state index >= 15 is 0 Å². The first-order valence-corrected chi connectivity index (χ1v) is 7.24. The topological polar surface area (TPSA) is 32.7 Å². The lowest BCUT2D eigenvalue weighted by atomic mass is 9.89. The summed E-state index contributed by atoms with van der Waals surface area (Å²) in [6.45, 7) is 7.00. The molecular formula is C15H21ClFNO2. The molecule has 0 aromatic heterocycles. The molecule has 1 unspecified atom stereocenters. The molecule has 0 aliphatic carbocycles. The first-order chi connectivity index (χ1) is 9.41. The number of ether oxygens (including phenoxy) is 1. The standard InChI is InChI=1S/C15H21ClFNO2/c1-15(2,18-5-7-20-8-6-18)14(19)10-11-3-4-12(16)13(17)9-11/h3-4,9,14,19H,5-8,10H2,1-2H3. The van der Waals surface area contributed by atoms with Gasteiger partial charge in [-0.15, -0.1) is 0 Å². The Morgan fingerprint density at radius 1 is 1.40 bits per heavy atom. The molecule has 0 amide bonds. The van der Waals surface area contributed by atoms with Gasteiger partial charge in [0.25, 0.3) is 0 Å². The number of halogens is 2. The first kappa shape index (κ1) is 15.7. The number of aliphatic hydroxyl groups is 1. The summed E-state index contributed by atoms with van der Waals surface area (Å²) in [5.41, 5.74) is 0.376. The van der Waals surface area contributed by atoms with Gasteiger partial charge in [-0.1, -0.05) is 17.7 Å². The molecular weight excluding hydrogens is 281 g/mol. The van der Waals surface area contributed by atoms with Gasteiger partial charge in [0.2, 0.25) is 0 Å². The van der Waals surface area contributed by atoms with Crippen molar-refractivity contribution in [1.82, 2.24) is 4.90 Å². The maximum absolute atomic E-state index is 13.4. The largest absolute Gasteiger partial charge is 0.391 e. The molecule has 3 nitrogen and oxygen atoms in total. The quantitative estimate of drug-likeness (QED) is 0.927. The average molecular weight is 302 g/mol. The van der Waals surface area contributed by atoms with Crippen LogP contribution in [0.5, 0.6) is 0 Å². The molecule has 0 radical (unpaired) electrons.